The molecule has 0 spiro atoms. The van der Waals surface area contributed by atoms with E-state index in [2.05, 4.69) is 53.1 Å². The molecule has 0 aliphatic heterocycles. The summed E-state index contributed by atoms with van der Waals surface area (Å²) < 4.78 is 0. The SMILES string of the molecule is CC[C@@H](NC(=O)c1ccc2[nH]c(O)c(C(=Nc3ccc(CN(CC)CC)cc3)c3cccnc3)c2c1)c1ccccc1. The van der Waals surface area contributed by atoms with Crippen molar-refractivity contribution in [2.45, 2.75) is 39.8 Å². The molecule has 42 heavy (non-hydrogen) atoms. The monoisotopic (exact) mass is 559 g/mol. The number of aromatic amines is 1. The molecule has 0 bridgehead atoms. The number of hydrogen-bond acceptors (Lipinski definition) is 5. The Labute approximate surface area is 247 Å². The van der Waals surface area contributed by atoms with Crippen molar-refractivity contribution in [2.75, 3.05) is 13.1 Å². The first-order valence-corrected chi connectivity index (χ1v) is 14.5. The van der Waals surface area contributed by atoms with Gasteiger partial charge >= 0.3 is 0 Å². The summed E-state index contributed by atoms with van der Waals surface area (Å²) in [7, 11) is 0. The average molecular weight is 560 g/mol. The molecule has 2 aromatic heterocycles. The van der Waals surface area contributed by atoms with E-state index in [1.54, 1.807) is 18.5 Å². The molecule has 3 N–H and O–H groups in total. The number of aliphatic imine (C=N–C) groups is 1. The Bertz CT molecular complexity index is 1660. The van der Waals surface area contributed by atoms with E-state index in [9.17, 15) is 9.90 Å². The molecule has 1 amide bonds. The van der Waals surface area contributed by atoms with Gasteiger partial charge in [-0.1, -0.05) is 63.2 Å². The standard InChI is InChI=1S/C35H37N5O2/c1-4-30(25-11-8-7-9-12-25)38-34(41)26-16-19-31-29(21-26)32(35(42)39-31)33(27-13-10-20-36-22-27)37-28-17-14-24(15-18-28)23-40(5-2)6-3/h7-22,30,39,42H,4-6,23H2,1-3H3,(H,38,41)/t30-/m1/s1. The van der Waals surface area contributed by atoms with E-state index in [4.69, 9.17) is 4.99 Å². The van der Waals surface area contributed by atoms with E-state index >= 15 is 0 Å². The molecular formula is C35H37N5O2. The first-order chi connectivity index (χ1) is 20.5. The summed E-state index contributed by atoms with van der Waals surface area (Å²) in [5, 5.41) is 15.0. The summed E-state index contributed by atoms with van der Waals surface area (Å²) in [6, 6.07) is 27.2. The van der Waals surface area contributed by atoms with Gasteiger partial charge in [-0.2, -0.15) is 0 Å². The van der Waals surface area contributed by atoms with Crippen LogP contribution < -0.4 is 5.32 Å². The molecule has 0 saturated carbocycles. The fourth-order valence-electron chi connectivity index (χ4n) is 5.18. The lowest BCUT2D eigenvalue weighted by Gasteiger charge is -2.18. The van der Waals surface area contributed by atoms with Gasteiger partial charge in [0.05, 0.1) is 23.0 Å². The molecule has 214 valence electrons. The van der Waals surface area contributed by atoms with Crippen molar-refractivity contribution in [1.29, 1.82) is 0 Å². The zero-order valence-corrected chi connectivity index (χ0v) is 24.3. The lowest BCUT2D eigenvalue weighted by atomic mass is 10.00. The second-order valence-electron chi connectivity index (χ2n) is 10.3. The Kier molecular flexibility index (Phi) is 9.09. The number of hydrogen-bond donors (Lipinski definition) is 3. The van der Waals surface area contributed by atoms with Crippen LogP contribution in [0.5, 0.6) is 5.88 Å². The van der Waals surface area contributed by atoms with E-state index < -0.39 is 0 Å². The molecule has 0 unspecified atom stereocenters. The summed E-state index contributed by atoms with van der Waals surface area (Å²) in [6.45, 7) is 9.24. The highest BCUT2D eigenvalue weighted by Gasteiger charge is 2.21. The molecule has 3 aromatic carbocycles. The van der Waals surface area contributed by atoms with Gasteiger partial charge in [0.1, 0.15) is 0 Å². The number of benzene rings is 3. The maximum absolute atomic E-state index is 13.4. The summed E-state index contributed by atoms with van der Waals surface area (Å²) in [4.78, 5) is 28.1. The van der Waals surface area contributed by atoms with Gasteiger partial charge in [0.2, 0.25) is 0 Å². The van der Waals surface area contributed by atoms with Crippen molar-refractivity contribution in [1.82, 2.24) is 20.2 Å². The topological polar surface area (TPSA) is 93.6 Å². The van der Waals surface area contributed by atoms with Gasteiger partial charge in [0.25, 0.3) is 5.91 Å². The lowest BCUT2D eigenvalue weighted by Crippen LogP contribution is -2.28. The molecule has 0 aliphatic carbocycles. The first kappa shape index (κ1) is 28.8. The van der Waals surface area contributed by atoms with Crippen LogP contribution in [0.25, 0.3) is 10.9 Å². The fourth-order valence-corrected chi connectivity index (χ4v) is 5.18. The molecule has 2 heterocycles. The van der Waals surface area contributed by atoms with Crippen LogP contribution in [-0.2, 0) is 6.54 Å². The molecule has 5 aromatic rings. The van der Waals surface area contributed by atoms with Crippen LogP contribution in [0.1, 0.15) is 65.8 Å². The predicted octanol–water partition coefficient (Wildman–Crippen LogP) is 7.16. The van der Waals surface area contributed by atoms with Crippen molar-refractivity contribution >= 4 is 28.2 Å². The quantitative estimate of drug-likeness (QED) is 0.150. The number of aromatic nitrogens is 2. The predicted molar refractivity (Wildman–Crippen MR) is 170 cm³/mol. The van der Waals surface area contributed by atoms with Crippen LogP contribution in [0.3, 0.4) is 0 Å². The number of aromatic hydroxyl groups is 1. The van der Waals surface area contributed by atoms with Gasteiger partial charge in [-0.15, -0.1) is 0 Å². The summed E-state index contributed by atoms with van der Waals surface area (Å²) in [5.74, 6) is -0.193. The van der Waals surface area contributed by atoms with Crippen LogP contribution in [-0.4, -0.2) is 44.7 Å². The molecule has 7 nitrogen and oxygen atoms in total. The van der Waals surface area contributed by atoms with E-state index in [0.29, 0.717) is 27.7 Å². The number of pyridine rings is 1. The van der Waals surface area contributed by atoms with Crippen LogP contribution >= 0.6 is 0 Å². The smallest absolute Gasteiger partial charge is 0.251 e. The number of nitrogens with one attached hydrogen (secondary N) is 2. The number of nitrogens with zero attached hydrogens (tertiary/aromatic N) is 3. The molecule has 0 aliphatic rings. The van der Waals surface area contributed by atoms with Crippen molar-refractivity contribution in [3.63, 3.8) is 0 Å². The number of fused-ring (bicyclic) bond motifs is 1. The van der Waals surface area contributed by atoms with Gasteiger partial charge in [-0.05, 0) is 73.1 Å². The number of amides is 1. The third-order valence-electron chi connectivity index (χ3n) is 7.61. The Morgan fingerprint density at radius 1 is 0.952 bits per heavy atom. The molecule has 0 fully saturated rings. The van der Waals surface area contributed by atoms with Crippen LogP contribution in [0.2, 0.25) is 0 Å². The summed E-state index contributed by atoms with van der Waals surface area (Å²) in [5.41, 5.74) is 6.09. The number of rotatable bonds is 11. The van der Waals surface area contributed by atoms with Gasteiger partial charge in [-0.3, -0.25) is 14.7 Å². The van der Waals surface area contributed by atoms with Crippen molar-refractivity contribution in [2.24, 2.45) is 4.99 Å². The number of H-pyrrole nitrogens is 1. The largest absolute Gasteiger partial charge is 0.494 e. The van der Waals surface area contributed by atoms with E-state index in [-0.39, 0.29) is 17.8 Å². The fraction of sp³-hybridized carbons (Fsp3) is 0.229. The lowest BCUT2D eigenvalue weighted by molar-refractivity contribution is 0.0935. The zero-order chi connectivity index (χ0) is 29.5. The molecule has 0 radical (unpaired) electrons. The number of carbonyl (C=O) groups is 1. The van der Waals surface area contributed by atoms with Gasteiger partial charge < -0.3 is 15.4 Å². The van der Waals surface area contributed by atoms with Crippen molar-refractivity contribution in [3.8, 4) is 5.88 Å². The minimum absolute atomic E-state index is 0.0148. The molecule has 1 atom stereocenters. The van der Waals surface area contributed by atoms with Crippen LogP contribution in [0, 0.1) is 0 Å². The Balaban J connectivity index is 1.53. The highest BCUT2D eigenvalue weighted by atomic mass is 16.3. The number of carbonyl (C=O) groups excluding carboxylic acids is 1. The molecular weight excluding hydrogens is 522 g/mol. The molecule has 7 heteroatoms. The van der Waals surface area contributed by atoms with Crippen LogP contribution in [0.4, 0.5) is 5.69 Å². The maximum atomic E-state index is 13.4. The molecule has 0 saturated heterocycles. The highest BCUT2D eigenvalue weighted by molar-refractivity contribution is 6.22. The Morgan fingerprint density at radius 3 is 2.38 bits per heavy atom. The normalized spacial score (nSPS) is 12.5. The zero-order valence-electron chi connectivity index (χ0n) is 24.3. The third-order valence-corrected chi connectivity index (χ3v) is 7.61. The van der Waals surface area contributed by atoms with Gasteiger partial charge in [0.15, 0.2) is 5.88 Å². The van der Waals surface area contributed by atoms with Gasteiger partial charge in [0, 0.05) is 41.0 Å². The minimum atomic E-state index is -0.178. The van der Waals surface area contributed by atoms with E-state index in [1.807, 2.05) is 66.7 Å². The second-order valence-corrected chi connectivity index (χ2v) is 10.3. The first-order valence-electron chi connectivity index (χ1n) is 14.5. The molecule has 5 rings (SSSR count). The average Bonchev–Trinajstić information content (AvgIpc) is 3.37. The summed E-state index contributed by atoms with van der Waals surface area (Å²) >= 11 is 0. The second kappa shape index (κ2) is 13.3. The maximum Gasteiger partial charge on any atom is 0.251 e. The third kappa shape index (κ3) is 6.42. The van der Waals surface area contributed by atoms with Gasteiger partial charge in [-0.25, -0.2) is 4.99 Å². The highest BCUT2D eigenvalue weighted by Crippen LogP contribution is 2.32. The van der Waals surface area contributed by atoms with Crippen LogP contribution in [0.15, 0.2) is 102 Å². The minimum Gasteiger partial charge on any atom is -0.494 e. The van der Waals surface area contributed by atoms with E-state index in [1.165, 1.54) is 5.56 Å². The Hall–Kier alpha value is -4.75. The van der Waals surface area contributed by atoms with Crippen molar-refractivity contribution in [3.05, 3.63) is 125 Å². The van der Waals surface area contributed by atoms with E-state index in [0.717, 1.165) is 42.9 Å². The summed E-state index contributed by atoms with van der Waals surface area (Å²) in [6.07, 6.45) is 4.20. The Morgan fingerprint density at radius 2 is 1.71 bits per heavy atom. The van der Waals surface area contributed by atoms with Crippen molar-refractivity contribution < 1.29 is 9.90 Å².